The Kier molecular flexibility index (Phi) is 5.98. The van der Waals surface area contributed by atoms with E-state index < -0.39 is 0 Å². The summed E-state index contributed by atoms with van der Waals surface area (Å²) in [5.74, 6) is 0.0713. The van der Waals surface area contributed by atoms with Crippen molar-refractivity contribution in [2.75, 3.05) is 26.2 Å². The average Bonchev–Trinajstić information content (AvgIpc) is 3.25. The number of benzene rings is 1. The smallest absolute Gasteiger partial charge is 0.234 e. The first-order valence-corrected chi connectivity index (χ1v) is 8.53. The number of carbonyl (C=O) groups excluding carboxylic acids is 1. The number of nitrogens with zero attached hydrogens (tertiary/aromatic N) is 3. The molecule has 1 saturated heterocycles. The minimum absolute atomic E-state index is 0.0713. The highest BCUT2D eigenvalue weighted by Crippen LogP contribution is 2.13. The summed E-state index contributed by atoms with van der Waals surface area (Å²) in [6.45, 7) is 4.78. The Labute approximate surface area is 142 Å². The second-order valence-electron chi connectivity index (χ2n) is 6.22. The highest BCUT2D eigenvalue weighted by Gasteiger charge is 2.23. The van der Waals surface area contributed by atoms with Crippen LogP contribution in [0.3, 0.4) is 0 Å². The van der Waals surface area contributed by atoms with Crippen molar-refractivity contribution in [3.63, 3.8) is 0 Å². The second kappa shape index (κ2) is 8.61. The maximum Gasteiger partial charge on any atom is 0.234 e. The molecule has 1 aromatic heterocycles. The fourth-order valence-electron chi connectivity index (χ4n) is 3.04. The van der Waals surface area contributed by atoms with E-state index in [1.165, 1.54) is 5.56 Å². The van der Waals surface area contributed by atoms with Crippen LogP contribution in [-0.4, -0.2) is 52.8 Å². The van der Waals surface area contributed by atoms with Gasteiger partial charge in [0.25, 0.3) is 0 Å². The minimum atomic E-state index is 0.0713. The van der Waals surface area contributed by atoms with E-state index >= 15 is 0 Å². The minimum Gasteiger partial charge on any atom is -0.351 e. The third-order valence-electron chi connectivity index (χ3n) is 4.25. The molecule has 0 aliphatic carbocycles. The van der Waals surface area contributed by atoms with Gasteiger partial charge in [-0.2, -0.15) is 5.10 Å². The van der Waals surface area contributed by atoms with Gasteiger partial charge in [-0.25, -0.2) is 0 Å². The largest absolute Gasteiger partial charge is 0.351 e. The van der Waals surface area contributed by atoms with Gasteiger partial charge in [-0.15, -0.1) is 0 Å². The van der Waals surface area contributed by atoms with Crippen LogP contribution in [0.1, 0.15) is 12.0 Å². The molecule has 1 atom stereocenters. The molecule has 2 heterocycles. The third kappa shape index (κ3) is 5.18. The number of amides is 1. The summed E-state index contributed by atoms with van der Waals surface area (Å²) in [5, 5.41) is 10.4. The summed E-state index contributed by atoms with van der Waals surface area (Å²) in [6, 6.07) is 12.6. The topological polar surface area (TPSA) is 62.2 Å². The molecule has 1 aliphatic rings. The summed E-state index contributed by atoms with van der Waals surface area (Å²) in [6.07, 6.45) is 4.70. The maximum atomic E-state index is 12.0. The van der Waals surface area contributed by atoms with Crippen molar-refractivity contribution in [1.29, 1.82) is 0 Å². The van der Waals surface area contributed by atoms with Gasteiger partial charge < -0.3 is 10.6 Å². The standard InChI is InChI=1S/C18H25N5O/c24-18(13-19-9-12-23-10-4-8-20-23)21-17-7-11-22(15-17)14-16-5-2-1-3-6-16/h1-6,8,10,17,19H,7,9,11-15H2,(H,21,24)/t17-/m0/s1. The van der Waals surface area contributed by atoms with Gasteiger partial charge in [0.05, 0.1) is 13.1 Å². The lowest BCUT2D eigenvalue weighted by Gasteiger charge is -2.17. The average molecular weight is 327 g/mol. The molecule has 1 amide bonds. The molecule has 1 fully saturated rings. The van der Waals surface area contributed by atoms with Crippen LogP contribution in [0.5, 0.6) is 0 Å². The monoisotopic (exact) mass is 327 g/mol. The summed E-state index contributed by atoms with van der Waals surface area (Å²) in [7, 11) is 0. The van der Waals surface area contributed by atoms with Crippen molar-refractivity contribution in [2.24, 2.45) is 0 Å². The van der Waals surface area contributed by atoms with E-state index in [1.54, 1.807) is 6.20 Å². The Morgan fingerprint density at radius 2 is 2.12 bits per heavy atom. The predicted molar refractivity (Wildman–Crippen MR) is 93.4 cm³/mol. The first kappa shape index (κ1) is 16.7. The maximum absolute atomic E-state index is 12.0. The molecule has 0 unspecified atom stereocenters. The van der Waals surface area contributed by atoms with E-state index in [4.69, 9.17) is 0 Å². The van der Waals surface area contributed by atoms with Crippen molar-refractivity contribution < 1.29 is 4.79 Å². The Hall–Kier alpha value is -2.18. The van der Waals surface area contributed by atoms with Gasteiger partial charge in [-0.1, -0.05) is 30.3 Å². The number of likely N-dealkylation sites (tertiary alicyclic amines) is 1. The van der Waals surface area contributed by atoms with Gasteiger partial charge in [-0.3, -0.25) is 14.4 Å². The van der Waals surface area contributed by atoms with Gasteiger partial charge in [0.15, 0.2) is 0 Å². The SMILES string of the molecule is O=C(CNCCn1cccn1)N[C@H]1CCN(Cc2ccccc2)C1. The summed E-state index contributed by atoms with van der Waals surface area (Å²) in [4.78, 5) is 14.4. The Bertz CT molecular complexity index is 614. The van der Waals surface area contributed by atoms with Crippen LogP contribution in [0.25, 0.3) is 0 Å². The van der Waals surface area contributed by atoms with E-state index in [0.717, 1.165) is 39.1 Å². The van der Waals surface area contributed by atoms with E-state index in [-0.39, 0.29) is 11.9 Å². The van der Waals surface area contributed by atoms with Crippen molar-refractivity contribution in [2.45, 2.75) is 25.6 Å². The normalized spacial score (nSPS) is 17.9. The summed E-state index contributed by atoms with van der Waals surface area (Å²) < 4.78 is 1.85. The number of hydrogen-bond acceptors (Lipinski definition) is 4. The molecule has 1 aliphatic heterocycles. The van der Waals surface area contributed by atoms with E-state index in [2.05, 4.69) is 44.9 Å². The molecule has 0 bridgehead atoms. The lowest BCUT2D eigenvalue weighted by Crippen LogP contribution is -2.42. The van der Waals surface area contributed by atoms with Gasteiger partial charge in [0.2, 0.25) is 5.91 Å². The fraction of sp³-hybridized carbons (Fsp3) is 0.444. The number of aromatic nitrogens is 2. The van der Waals surface area contributed by atoms with Gasteiger partial charge in [0, 0.05) is 44.6 Å². The first-order chi connectivity index (χ1) is 11.8. The van der Waals surface area contributed by atoms with E-state index in [1.807, 2.05) is 23.0 Å². The van der Waals surface area contributed by atoms with Crippen molar-refractivity contribution in [3.05, 3.63) is 54.4 Å². The van der Waals surface area contributed by atoms with Crippen LogP contribution in [0.2, 0.25) is 0 Å². The van der Waals surface area contributed by atoms with E-state index in [9.17, 15) is 4.79 Å². The number of rotatable bonds is 8. The lowest BCUT2D eigenvalue weighted by molar-refractivity contribution is -0.120. The van der Waals surface area contributed by atoms with Crippen LogP contribution >= 0.6 is 0 Å². The Morgan fingerprint density at radius 1 is 1.25 bits per heavy atom. The zero-order valence-electron chi connectivity index (χ0n) is 13.9. The number of hydrogen-bond donors (Lipinski definition) is 2. The molecule has 6 heteroatoms. The highest BCUT2D eigenvalue weighted by atomic mass is 16.2. The Balaban J connectivity index is 1.31. The molecule has 24 heavy (non-hydrogen) atoms. The van der Waals surface area contributed by atoms with Crippen molar-refractivity contribution in [1.82, 2.24) is 25.3 Å². The van der Waals surface area contributed by atoms with Crippen LogP contribution in [0.15, 0.2) is 48.8 Å². The summed E-state index contributed by atoms with van der Waals surface area (Å²) in [5.41, 5.74) is 1.32. The quantitative estimate of drug-likeness (QED) is 0.706. The predicted octanol–water partition coefficient (Wildman–Crippen LogP) is 0.863. The van der Waals surface area contributed by atoms with Gasteiger partial charge in [-0.05, 0) is 18.1 Å². The van der Waals surface area contributed by atoms with Crippen LogP contribution in [0.4, 0.5) is 0 Å². The lowest BCUT2D eigenvalue weighted by atomic mass is 10.2. The molecule has 2 N–H and O–H groups in total. The van der Waals surface area contributed by atoms with Crippen molar-refractivity contribution in [3.8, 4) is 0 Å². The molecule has 128 valence electrons. The molecular formula is C18H25N5O. The molecule has 0 spiro atoms. The fourth-order valence-corrected chi connectivity index (χ4v) is 3.04. The summed E-state index contributed by atoms with van der Waals surface area (Å²) >= 11 is 0. The van der Waals surface area contributed by atoms with Crippen molar-refractivity contribution >= 4 is 5.91 Å². The van der Waals surface area contributed by atoms with Crippen LogP contribution < -0.4 is 10.6 Å². The van der Waals surface area contributed by atoms with Crippen LogP contribution in [-0.2, 0) is 17.9 Å². The zero-order valence-corrected chi connectivity index (χ0v) is 13.9. The van der Waals surface area contributed by atoms with Gasteiger partial charge in [0.1, 0.15) is 0 Å². The highest BCUT2D eigenvalue weighted by molar-refractivity contribution is 5.78. The molecule has 0 radical (unpaired) electrons. The third-order valence-corrected chi connectivity index (χ3v) is 4.25. The van der Waals surface area contributed by atoms with Gasteiger partial charge >= 0.3 is 0 Å². The molecule has 0 saturated carbocycles. The zero-order chi connectivity index (χ0) is 16.6. The Morgan fingerprint density at radius 3 is 2.92 bits per heavy atom. The number of carbonyl (C=O) groups is 1. The first-order valence-electron chi connectivity index (χ1n) is 8.53. The van der Waals surface area contributed by atoms with Crippen LogP contribution in [0, 0.1) is 0 Å². The molecular weight excluding hydrogens is 302 g/mol. The molecule has 3 rings (SSSR count). The molecule has 1 aromatic carbocycles. The second-order valence-corrected chi connectivity index (χ2v) is 6.22. The molecule has 6 nitrogen and oxygen atoms in total. The number of nitrogens with one attached hydrogen (secondary N) is 2. The molecule has 2 aromatic rings. The van der Waals surface area contributed by atoms with E-state index in [0.29, 0.717) is 6.54 Å².